The molecule has 16 N–H and O–H groups in total. The van der Waals surface area contributed by atoms with E-state index >= 15 is 0 Å². The molecule has 0 saturated carbocycles. The van der Waals surface area contributed by atoms with Crippen molar-refractivity contribution in [2.75, 3.05) is 26.4 Å². The van der Waals surface area contributed by atoms with E-state index in [9.17, 15) is 91.3 Å². The average Bonchev–Trinajstić information content (AvgIpc) is 3.43. The smallest absolute Gasteiger partial charge is 0.330 e. The monoisotopic (exact) mass is 1080 g/mol. The van der Waals surface area contributed by atoms with Gasteiger partial charge in [0.05, 0.1) is 19.8 Å². The lowest BCUT2D eigenvalue weighted by Crippen LogP contribution is -2.60. The van der Waals surface area contributed by atoms with Gasteiger partial charge in [0.2, 0.25) is 36.3 Å². The summed E-state index contributed by atoms with van der Waals surface area (Å²) in [4.78, 5) is 27.3. The van der Waals surface area contributed by atoms with E-state index in [-0.39, 0.29) is 22.8 Å². The number of hydrogen-bond donors (Lipinski definition) is 16. The third-order valence-corrected chi connectivity index (χ3v) is 12.9. The number of phenolic OH excluding ortho intramolecular Hbond substituents is 1. The van der Waals surface area contributed by atoms with Gasteiger partial charge in [-0.25, -0.2) is 4.79 Å². The fourth-order valence-corrected chi connectivity index (χ4v) is 8.51. The number of carbonyl (C=O) groups excluding carboxylic acids is 1. The maximum Gasteiger partial charge on any atom is 0.330 e. The van der Waals surface area contributed by atoms with Crippen LogP contribution in [0, 0.1) is 0 Å². The summed E-state index contributed by atoms with van der Waals surface area (Å²) >= 11 is 0. The second-order valence-corrected chi connectivity index (χ2v) is 18.0. The number of hydrogen-bond acceptors (Lipinski definition) is 28. The highest BCUT2D eigenvalue weighted by Gasteiger charge is 2.49. The Balaban J connectivity index is 1.02. The predicted molar refractivity (Wildman–Crippen MR) is 247 cm³/mol. The van der Waals surface area contributed by atoms with Crippen LogP contribution in [0.5, 0.6) is 28.7 Å². The van der Waals surface area contributed by atoms with Crippen LogP contribution in [-0.2, 0) is 28.5 Å². The molecule has 20 atom stereocenters. The van der Waals surface area contributed by atoms with E-state index in [1.54, 1.807) is 0 Å². The molecule has 8 rings (SSSR count). The summed E-state index contributed by atoms with van der Waals surface area (Å²) in [6.07, 6.45) is -31.8. The Bertz CT molecular complexity index is 2680. The molecule has 5 heterocycles. The summed E-state index contributed by atoms with van der Waals surface area (Å²) in [5, 5.41) is 165. The molecule has 0 bridgehead atoms. The molecule has 4 saturated heterocycles. The Morgan fingerprint density at radius 1 is 0.500 bits per heavy atom. The van der Waals surface area contributed by atoms with Gasteiger partial charge in [-0.2, -0.15) is 0 Å². The minimum atomic E-state index is -2.12. The van der Waals surface area contributed by atoms with Crippen LogP contribution in [-0.4, -0.2) is 237 Å². The topological polar surface area (TPSA) is 454 Å². The molecule has 28 heteroatoms. The van der Waals surface area contributed by atoms with Gasteiger partial charge in [-0.05, 0) is 48.0 Å². The lowest BCUT2D eigenvalue weighted by molar-refractivity contribution is -0.278. The van der Waals surface area contributed by atoms with Crippen molar-refractivity contribution in [3.63, 3.8) is 0 Å². The Labute approximate surface area is 427 Å². The van der Waals surface area contributed by atoms with Gasteiger partial charge in [-0.15, -0.1) is 0 Å². The zero-order valence-electron chi connectivity index (χ0n) is 39.4. The summed E-state index contributed by atoms with van der Waals surface area (Å²) in [6.45, 7) is -2.97. The van der Waals surface area contributed by atoms with E-state index in [1.807, 2.05) is 0 Å². The lowest BCUT2D eigenvalue weighted by Gasteiger charge is -2.39. The number of aliphatic hydroxyl groups excluding tert-OH is 15. The van der Waals surface area contributed by atoms with Gasteiger partial charge in [0.15, 0.2) is 5.76 Å². The Kier molecular flexibility index (Phi) is 17.8. The Morgan fingerprint density at radius 3 is 1.37 bits per heavy atom. The molecule has 76 heavy (non-hydrogen) atoms. The van der Waals surface area contributed by atoms with E-state index in [1.165, 1.54) is 54.6 Å². The molecule has 4 aliphatic heterocycles. The molecule has 0 radical (unpaired) electrons. The standard InChI is InChI=1S/C48H56O28/c49-13-24-30(54)35(59)39(63)45(72-24)68-19-6-1-17(2-7-19)3-10-28(53)67-16-27-33(57)38(62)42(66)48(75-27)76-44-34(58)29-22(52)11-21(70-47-41(65)37(61)32(56)26(15-51)74-47)12-23(29)71-43(44)18-4-8-20(9-5-18)69-46-40(64)36(60)31(55)25(14-50)73-46/h1-12,24-27,30-33,35-42,45-52,54-57,59-66H,13-16H2/t24?,25?,26?,27?,30-,31-,32-,33-,35?,36?,37+,38?,39?,40?,41?,42?,45-,46-,47-,48+/m1/s1. The maximum atomic E-state index is 14.5. The van der Waals surface area contributed by atoms with Crippen molar-refractivity contribution >= 4 is 23.0 Å². The van der Waals surface area contributed by atoms with Crippen molar-refractivity contribution in [1.82, 2.24) is 0 Å². The van der Waals surface area contributed by atoms with Crippen molar-refractivity contribution in [2.45, 2.75) is 123 Å². The molecule has 0 spiro atoms. The van der Waals surface area contributed by atoms with Crippen molar-refractivity contribution in [3.8, 4) is 40.1 Å². The number of ether oxygens (including phenoxy) is 9. The summed E-state index contributed by atoms with van der Waals surface area (Å²) < 4.78 is 56.1. The van der Waals surface area contributed by atoms with Gasteiger partial charge in [0.1, 0.15) is 138 Å². The minimum absolute atomic E-state index is 0.0194. The number of aliphatic hydroxyl groups is 15. The first-order chi connectivity index (χ1) is 36.2. The van der Waals surface area contributed by atoms with Gasteiger partial charge in [-0.3, -0.25) is 4.79 Å². The average molecular weight is 1080 g/mol. The van der Waals surface area contributed by atoms with Crippen LogP contribution in [0.1, 0.15) is 5.56 Å². The van der Waals surface area contributed by atoms with Gasteiger partial charge in [-0.1, -0.05) is 12.1 Å². The molecule has 0 amide bonds. The molecular formula is C48H56O28. The van der Waals surface area contributed by atoms with Gasteiger partial charge < -0.3 is 129 Å². The third kappa shape index (κ3) is 11.8. The number of aromatic hydroxyl groups is 1. The highest BCUT2D eigenvalue weighted by molar-refractivity contribution is 5.88. The number of rotatable bonds is 16. The number of fused-ring (bicyclic) bond motifs is 1. The van der Waals surface area contributed by atoms with Crippen molar-refractivity contribution in [3.05, 3.63) is 82.5 Å². The highest BCUT2D eigenvalue weighted by atomic mass is 16.7. The first-order valence-electron chi connectivity index (χ1n) is 23.4. The number of benzene rings is 3. The second-order valence-electron chi connectivity index (χ2n) is 18.0. The van der Waals surface area contributed by atoms with Gasteiger partial charge in [0, 0.05) is 23.8 Å². The largest absolute Gasteiger partial charge is 0.507 e. The van der Waals surface area contributed by atoms with Crippen LogP contribution >= 0.6 is 0 Å². The molecule has 28 nitrogen and oxygen atoms in total. The second kappa shape index (κ2) is 23.9. The molecule has 4 fully saturated rings. The van der Waals surface area contributed by atoms with Gasteiger partial charge >= 0.3 is 5.97 Å². The van der Waals surface area contributed by atoms with E-state index < -0.39 is 189 Å². The zero-order chi connectivity index (χ0) is 54.9. The van der Waals surface area contributed by atoms with Crippen molar-refractivity contribution < 1.29 is 134 Å². The van der Waals surface area contributed by atoms with Crippen molar-refractivity contribution in [2.24, 2.45) is 0 Å². The fourth-order valence-electron chi connectivity index (χ4n) is 8.51. The van der Waals surface area contributed by atoms with E-state index in [4.69, 9.17) is 47.0 Å². The SMILES string of the molecule is O=C(C=Cc1ccc(O[C@@H]2OC(CO)[C@@H](O)C(O)C2O)cc1)OCC1O[C@@H](Oc2c(-c3ccc(O[C@@H]4OC(CO)[C@@H](O)C(O)C4O)cc3)oc3cc(O[C@@H]4OC(CO)[C@@H](O)[C@H](O)C4O)cc(O)c3c2=O)C(O)C(O)[C@@H]1O. The Morgan fingerprint density at radius 2 is 0.908 bits per heavy atom. The molecule has 1 aromatic heterocycles. The van der Waals surface area contributed by atoms with Crippen LogP contribution in [0.4, 0.5) is 0 Å². The highest BCUT2D eigenvalue weighted by Crippen LogP contribution is 2.39. The molecule has 0 aliphatic carbocycles. The van der Waals surface area contributed by atoms with Gasteiger partial charge in [0.25, 0.3) is 0 Å². The fraction of sp³-hybridized carbons (Fsp3) is 0.500. The number of phenols is 1. The van der Waals surface area contributed by atoms with Crippen LogP contribution in [0.15, 0.2) is 76.0 Å². The predicted octanol–water partition coefficient (Wildman–Crippen LogP) is -5.86. The van der Waals surface area contributed by atoms with Crippen molar-refractivity contribution in [1.29, 1.82) is 0 Å². The zero-order valence-corrected chi connectivity index (χ0v) is 39.4. The summed E-state index contributed by atoms with van der Waals surface area (Å²) in [6, 6.07) is 12.9. The molecule has 4 aromatic rings. The third-order valence-electron chi connectivity index (χ3n) is 12.9. The Hall–Kier alpha value is -5.68. The summed E-state index contributed by atoms with van der Waals surface area (Å²) in [7, 11) is 0. The summed E-state index contributed by atoms with van der Waals surface area (Å²) in [5.74, 6) is -3.32. The molecule has 416 valence electrons. The van der Waals surface area contributed by atoms with E-state index in [0.29, 0.717) is 5.56 Å². The van der Waals surface area contributed by atoms with Crippen LogP contribution in [0.2, 0.25) is 0 Å². The normalized spacial score (nSPS) is 35.9. The summed E-state index contributed by atoms with van der Waals surface area (Å²) in [5.41, 5.74) is -1.17. The maximum absolute atomic E-state index is 14.5. The lowest BCUT2D eigenvalue weighted by atomic mass is 9.99. The molecule has 11 unspecified atom stereocenters. The van der Waals surface area contributed by atoms with Crippen LogP contribution < -0.4 is 24.4 Å². The van der Waals surface area contributed by atoms with Crippen LogP contribution in [0.25, 0.3) is 28.4 Å². The van der Waals surface area contributed by atoms with E-state index in [2.05, 4.69) is 0 Å². The quantitative estimate of drug-likeness (QED) is 0.0367. The number of carbonyl (C=O) groups is 1. The molecular weight excluding hydrogens is 1020 g/mol. The van der Waals surface area contributed by atoms with Crippen LogP contribution in [0.3, 0.4) is 0 Å². The first kappa shape index (κ1) is 56.5. The number of esters is 1. The molecule has 4 aliphatic rings. The minimum Gasteiger partial charge on any atom is -0.507 e. The molecule has 3 aromatic carbocycles. The first-order valence-corrected chi connectivity index (χ1v) is 23.4. The van der Waals surface area contributed by atoms with E-state index in [0.717, 1.165) is 18.2 Å².